The maximum atomic E-state index is 12.5. The molecule has 0 saturated heterocycles. The smallest absolute Gasteiger partial charge is 0.340 e. The molecule has 0 aromatic heterocycles. The molecule has 1 aliphatic heterocycles. The van der Waals surface area contributed by atoms with Crippen molar-refractivity contribution in [1.29, 1.82) is 0 Å². The molecule has 0 unspecified atom stereocenters. The number of carbonyl (C=O) groups excluding carboxylic acids is 2. The van der Waals surface area contributed by atoms with E-state index in [1.807, 2.05) is 0 Å². The van der Waals surface area contributed by atoms with E-state index in [2.05, 4.69) is 15.9 Å². The zero-order valence-electron chi connectivity index (χ0n) is 14.5. The van der Waals surface area contributed by atoms with E-state index in [4.69, 9.17) is 19.9 Å². The van der Waals surface area contributed by atoms with Gasteiger partial charge in [0.15, 0.2) is 5.78 Å². The fraction of sp³-hybridized carbons (Fsp3) is 0.333. The molecule has 2 rings (SSSR count). The number of hydrogen-bond acceptors (Lipinski definition) is 6. The van der Waals surface area contributed by atoms with Crippen LogP contribution in [-0.2, 0) is 19.1 Å². The maximum absolute atomic E-state index is 12.5. The normalized spacial score (nSPS) is 17.2. The minimum absolute atomic E-state index is 0.0575. The van der Waals surface area contributed by atoms with Crippen LogP contribution < -0.4 is 10.5 Å². The number of methoxy groups -OCH3 is 1. The van der Waals surface area contributed by atoms with Crippen LogP contribution in [0.5, 0.6) is 5.75 Å². The van der Waals surface area contributed by atoms with Gasteiger partial charge in [-0.3, -0.25) is 4.79 Å². The first-order valence-corrected chi connectivity index (χ1v) is 8.50. The Kier molecular flexibility index (Phi) is 5.89. The van der Waals surface area contributed by atoms with Crippen molar-refractivity contribution in [3.63, 3.8) is 0 Å². The lowest BCUT2D eigenvalue weighted by Gasteiger charge is -2.29. The van der Waals surface area contributed by atoms with Gasteiger partial charge in [-0.2, -0.15) is 0 Å². The number of halogens is 1. The number of rotatable bonds is 5. The number of benzene rings is 1. The molecule has 1 heterocycles. The molecule has 1 aromatic carbocycles. The summed E-state index contributed by atoms with van der Waals surface area (Å²) in [5.41, 5.74) is 7.15. The molecule has 6 nitrogen and oxygen atoms in total. The molecule has 0 saturated carbocycles. The van der Waals surface area contributed by atoms with Gasteiger partial charge in [0.2, 0.25) is 5.88 Å². The third-order valence-electron chi connectivity index (χ3n) is 3.87. The van der Waals surface area contributed by atoms with Crippen LogP contribution in [0.4, 0.5) is 0 Å². The SMILES string of the molecule is CCOC(=O)C1=C(N)OC(C)=C(C(C)=O)[C@H]1c1ccc(OC)c(Br)c1. The van der Waals surface area contributed by atoms with Crippen LogP contribution in [0.25, 0.3) is 0 Å². The molecular formula is C18H20BrNO5. The summed E-state index contributed by atoms with van der Waals surface area (Å²) in [6.07, 6.45) is 0. The molecule has 134 valence electrons. The molecule has 0 fully saturated rings. The first-order valence-electron chi connectivity index (χ1n) is 7.71. The van der Waals surface area contributed by atoms with Crippen molar-refractivity contribution in [2.75, 3.05) is 13.7 Å². The van der Waals surface area contributed by atoms with E-state index in [-0.39, 0.29) is 23.8 Å². The Hall–Kier alpha value is -2.28. The van der Waals surface area contributed by atoms with Crippen molar-refractivity contribution in [2.24, 2.45) is 5.73 Å². The summed E-state index contributed by atoms with van der Waals surface area (Å²) in [4.78, 5) is 24.7. The quantitative estimate of drug-likeness (QED) is 0.751. The van der Waals surface area contributed by atoms with Crippen LogP contribution in [0, 0.1) is 0 Å². The first-order chi connectivity index (χ1) is 11.8. The van der Waals surface area contributed by atoms with Crippen molar-refractivity contribution >= 4 is 27.7 Å². The van der Waals surface area contributed by atoms with E-state index < -0.39 is 11.9 Å². The molecule has 0 radical (unpaired) electrons. The minimum atomic E-state index is -0.674. The Morgan fingerprint density at radius 1 is 1.32 bits per heavy atom. The predicted octanol–water partition coefficient (Wildman–Crippen LogP) is 3.17. The van der Waals surface area contributed by atoms with Crippen LogP contribution >= 0.6 is 15.9 Å². The maximum Gasteiger partial charge on any atom is 0.340 e. The summed E-state index contributed by atoms with van der Waals surface area (Å²) in [6, 6.07) is 5.32. The molecular weight excluding hydrogens is 390 g/mol. The van der Waals surface area contributed by atoms with Gasteiger partial charge >= 0.3 is 5.97 Å². The average molecular weight is 410 g/mol. The highest BCUT2D eigenvalue weighted by Gasteiger charge is 2.38. The number of allylic oxidation sites excluding steroid dienone is 2. The zero-order valence-corrected chi connectivity index (χ0v) is 16.1. The van der Waals surface area contributed by atoms with Crippen LogP contribution in [0.15, 0.2) is 45.5 Å². The van der Waals surface area contributed by atoms with E-state index >= 15 is 0 Å². The summed E-state index contributed by atoms with van der Waals surface area (Å²) >= 11 is 3.43. The number of Topliss-reactive ketones (excluding diaryl/α,β-unsaturated/α-hetero) is 1. The van der Waals surface area contributed by atoms with Gasteiger partial charge in [-0.15, -0.1) is 0 Å². The molecule has 1 atom stereocenters. The Morgan fingerprint density at radius 3 is 2.52 bits per heavy atom. The Bertz CT molecular complexity index is 782. The van der Waals surface area contributed by atoms with Crippen molar-refractivity contribution < 1.29 is 23.8 Å². The molecule has 1 aromatic rings. The molecule has 0 bridgehead atoms. The Balaban J connectivity index is 2.66. The van der Waals surface area contributed by atoms with Gasteiger partial charge < -0.3 is 19.9 Å². The highest BCUT2D eigenvalue weighted by molar-refractivity contribution is 9.10. The lowest BCUT2D eigenvalue weighted by Crippen LogP contribution is -2.28. The van der Waals surface area contributed by atoms with Gasteiger partial charge in [0.25, 0.3) is 0 Å². The number of carbonyl (C=O) groups is 2. The molecule has 0 aliphatic carbocycles. The fourth-order valence-corrected chi connectivity index (χ4v) is 3.40. The molecule has 7 heteroatoms. The predicted molar refractivity (Wildman–Crippen MR) is 95.7 cm³/mol. The van der Waals surface area contributed by atoms with Crippen LogP contribution in [0.3, 0.4) is 0 Å². The van der Waals surface area contributed by atoms with Crippen molar-refractivity contribution in [3.8, 4) is 5.75 Å². The van der Waals surface area contributed by atoms with Crippen molar-refractivity contribution in [3.05, 3.63) is 51.0 Å². The first kappa shape index (κ1) is 19.1. The van der Waals surface area contributed by atoms with Gasteiger partial charge in [0.05, 0.1) is 24.1 Å². The van der Waals surface area contributed by atoms with Crippen LogP contribution in [0.2, 0.25) is 0 Å². The topological polar surface area (TPSA) is 87.9 Å². The third-order valence-corrected chi connectivity index (χ3v) is 4.49. The second-order valence-corrected chi connectivity index (χ2v) is 6.31. The summed E-state index contributed by atoms with van der Waals surface area (Å²) in [6.45, 7) is 4.96. The van der Waals surface area contributed by atoms with Crippen molar-refractivity contribution in [2.45, 2.75) is 26.7 Å². The lowest BCUT2D eigenvalue weighted by molar-refractivity contribution is -0.139. The summed E-state index contributed by atoms with van der Waals surface area (Å²) in [5.74, 6) is -0.539. The second-order valence-electron chi connectivity index (χ2n) is 5.45. The number of ether oxygens (including phenoxy) is 3. The van der Waals surface area contributed by atoms with Gasteiger partial charge in [-0.1, -0.05) is 6.07 Å². The largest absolute Gasteiger partial charge is 0.496 e. The van der Waals surface area contributed by atoms with Gasteiger partial charge in [-0.05, 0) is 54.4 Å². The van der Waals surface area contributed by atoms with Crippen LogP contribution in [-0.4, -0.2) is 25.5 Å². The standard InChI is InChI=1S/C18H20BrNO5/c1-5-24-18(22)16-15(11-6-7-13(23-4)12(19)8-11)14(9(2)21)10(3)25-17(16)20/h6-8,15H,5,20H2,1-4H3/t15-/m1/s1. The van der Waals surface area contributed by atoms with E-state index in [1.165, 1.54) is 6.92 Å². The number of nitrogens with two attached hydrogens (primary N) is 1. The molecule has 0 spiro atoms. The van der Waals surface area contributed by atoms with Gasteiger partial charge in [0, 0.05) is 5.57 Å². The van der Waals surface area contributed by atoms with Crippen LogP contribution in [0.1, 0.15) is 32.3 Å². The summed E-state index contributed by atoms with van der Waals surface area (Å²) in [5, 5.41) is 0. The zero-order chi connectivity index (χ0) is 18.7. The fourth-order valence-electron chi connectivity index (χ4n) is 2.84. The molecule has 0 amide bonds. The highest BCUT2D eigenvalue weighted by Crippen LogP contribution is 2.42. The monoisotopic (exact) mass is 409 g/mol. The highest BCUT2D eigenvalue weighted by atomic mass is 79.9. The Morgan fingerprint density at radius 2 is 2.00 bits per heavy atom. The van der Waals surface area contributed by atoms with E-state index in [0.717, 1.165) is 0 Å². The van der Waals surface area contributed by atoms with Crippen molar-refractivity contribution in [1.82, 2.24) is 0 Å². The van der Waals surface area contributed by atoms with Gasteiger partial charge in [0.1, 0.15) is 17.1 Å². The Labute approximate surface area is 154 Å². The molecule has 2 N–H and O–H groups in total. The molecule has 1 aliphatic rings. The average Bonchev–Trinajstić information content (AvgIpc) is 2.53. The van der Waals surface area contributed by atoms with Gasteiger partial charge in [-0.25, -0.2) is 4.79 Å². The number of ketones is 1. The lowest BCUT2D eigenvalue weighted by atomic mass is 9.81. The summed E-state index contributed by atoms with van der Waals surface area (Å²) in [7, 11) is 1.56. The third kappa shape index (κ3) is 3.71. The number of esters is 1. The summed E-state index contributed by atoms with van der Waals surface area (Å²) < 4.78 is 16.5. The van der Waals surface area contributed by atoms with E-state index in [9.17, 15) is 9.59 Å². The van der Waals surface area contributed by atoms with E-state index in [1.54, 1.807) is 39.2 Å². The minimum Gasteiger partial charge on any atom is -0.496 e. The molecule has 25 heavy (non-hydrogen) atoms. The second kappa shape index (κ2) is 7.74. The van der Waals surface area contributed by atoms with E-state index in [0.29, 0.717) is 27.1 Å². The number of hydrogen-bond donors (Lipinski definition) is 1.